The predicted molar refractivity (Wildman–Crippen MR) is 455 cm³/mol. The van der Waals surface area contributed by atoms with E-state index in [4.69, 9.17) is 85.3 Å². The Labute approximate surface area is 730 Å². The number of rotatable bonds is 29. The van der Waals surface area contributed by atoms with Crippen molar-refractivity contribution in [3.05, 3.63) is 0 Å². The van der Waals surface area contributed by atoms with Crippen LogP contribution in [0, 0.1) is 51.2 Å². The Morgan fingerprint density at radius 3 is 0.730 bits per heavy atom. The van der Waals surface area contributed by atoms with E-state index in [1.165, 1.54) is 38.5 Å². The quantitative estimate of drug-likeness (QED) is 0.0382. The SMILES string of the molecule is CCC(C)(C)C(=O)OC12CC3CC(CC(OC(=O)OC(C)(C)C)(C3)C1)C2.CCC(C)(C)C(=O)OC12CC3CC(OC(=O)OC(C)(C)C)(CC(OC(=O)OC(C)(C)C)(C3)C1)C2.CCC(C)(C)C(=O)OC12CC3CC(OCOC)(CC(OCOC)(C3)C1)C2.CCC(C)(C)C(=O)OC12CC3CC(OCOC4CCCCC4)(CC(OCOC4CCCCC4)(C3)C1)C2. The maximum absolute atomic E-state index is 13.3. The van der Waals surface area contributed by atoms with Crippen LogP contribution in [0.25, 0.3) is 0 Å². The largest absolute Gasteiger partial charge is 0.509 e. The van der Waals surface area contributed by atoms with Crippen LogP contribution in [0.2, 0.25) is 0 Å². The molecule has 0 aromatic heterocycles. The van der Waals surface area contributed by atoms with Crippen LogP contribution in [0.15, 0.2) is 0 Å². The third-order valence-electron chi connectivity index (χ3n) is 30.2. The molecule has 18 fully saturated rings. The molecule has 16 bridgehead atoms. The average molecular weight is 1730 g/mol. The topological polar surface area (TPSA) is 286 Å². The second kappa shape index (κ2) is 36.7. The zero-order valence-corrected chi connectivity index (χ0v) is 79.4. The number of hydrogen-bond acceptors (Lipinski definition) is 25. The molecule has 8 atom stereocenters. The van der Waals surface area contributed by atoms with Crippen molar-refractivity contribution in [2.75, 3.05) is 41.4 Å². The highest BCUT2D eigenvalue weighted by Crippen LogP contribution is 2.68. The van der Waals surface area contributed by atoms with Crippen LogP contribution < -0.4 is 0 Å². The first kappa shape index (κ1) is 98.0. The van der Waals surface area contributed by atoms with Crippen molar-refractivity contribution in [3.8, 4) is 0 Å². The molecule has 18 aliphatic rings. The Morgan fingerprint density at radius 2 is 0.467 bits per heavy atom. The van der Waals surface area contributed by atoms with Crippen LogP contribution in [0.5, 0.6) is 0 Å². The third kappa shape index (κ3) is 24.1. The van der Waals surface area contributed by atoms with Crippen LogP contribution in [-0.2, 0) is 104 Å². The lowest BCUT2D eigenvalue weighted by Crippen LogP contribution is -2.69. The van der Waals surface area contributed by atoms with E-state index in [0.29, 0.717) is 101 Å². The molecule has 0 saturated heterocycles. The van der Waals surface area contributed by atoms with Crippen molar-refractivity contribution in [3.63, 3.8) is 0 Å². The summed E-state index contributed by atoms with van der Waals surface area (Å²) in [6, 6.07) is 0. The van der Waals surface area contributed by atoms with E-state index in [0.717, 1.165) is 154 Å². The Morgan fingerprint density at radius 1 is 0.262 bits per heavy atom. The summed E-state index contributed by atoms with van der Waals surface area (Å²) in [5.41, 5.74) is -10.3. The van der Waals surface area contributed by atoms with E-state index in [2.05, 4.69) is 6.92 Å². The summed E-state index contributed by atoms with van der Waals surface area (Å²) < 4.78 is 108. The average Bonchev–Trinajstić information content (AvgIpc) is 0.713. The van der Waals surface area contributed by atoms with E-state index < -0.39 is 96.1 Å². The highest BCUT2D eigenvalue weighted by molar-refractivity contribution is 5.78. The third-order valence-corrected chi connectivity index (χ3v) is 30.2. The van der Waals surface area contributed by atoms with E-state index in [9.17, 15) is 33.6 Å². The lowest BCUT2D eigenvalue weighted by molar-refractivity contribution is -0.314. The van der Waals surface area contributed by atoms with Crippen molar-refractivity contribution in [1.82, 2.24) is 0 Å². The molecule has 8 unspecified atom stereocenters. The van der Waals surface area contributed by atoms with E-state index in [-0.39, 0.29) is 65.8 Å². The highest BCUT2D eigenvalue weighted by atomic mass is 16.8. The summed E-state index contributed by atoms with van der Waals surface area (Å²) in [5.74, 6) is 1.21. The Hall–Kier alpha value is -4.63. The number of hydrogen-bond donors (Lipinski definition) is 0. The molecule has 25 nitrogen and oxygen atoms in total. The summed E-state index contributed by atoms with van der Waals surface area (Å²) in [6.07, 6.45) is 32.2. The summed E-state index contributed by atoms with van der Waals surface area (Å²) in [7, 11) is 3.27. The van der Waals surface area contributed by atoms with Gasteiger partial charge in [0.25, 0.3) is 0 Å². The molecule has 25 heteroatoms. The van der Waals surface area contributed by atoms with Gasteiger partial charge in [0.15, 0.2) is 0 Å². The van der Waals surface area contributed by atoms with Gasteiger partial charge in [0.05, 0.1) is 56.3 Å². The van der Waals surface area contributed by atoms with Gasteiger partial charge in [0.2, 0.25) is 0 Å². The summed E-state index contributed by atoms with van der Waals surface area (Å²) in [5, 5.41) is 0. The molecule has 18 rings (SSSR count). The van der Waals surface area contributed by atoms with Crippen LogP contribution in [-0.4, -0.2) is 174 Å². The summed E-state index contributed by atoms with van der Waals surface area (Å²) in [6.45, 7) is 40.8. The van der Waals surface area contributed by atoms with Gasteiger partial charge in [-0.3, -0.25) is 19.2 Å². The van der Waals surface area contributed by atoms with E-state index >= 15 is 0 Å². The molecule has 0 aliphatic heterocycles. The first-order chi connectivity index (χ1) is 56.6. The second-order valence-corrected chi connectivity index (χ2v) is 46.7. The molecule has 18 saturated carbocycles. The van der Waals surface area contributed by atoms with Gasteiger partial charge in [-0.2, -0.15) is 0 Å². The van der Waals surface area contributed by atoms with Gasteiger partial charge < -0.3 is 85.3 Å². The summed E-state index contributed by atoms with van der Waals surface area (Å²) >= 11 is 0. The molecule has 122 heavy (non-hydrogen) atoms. The van der Waals surface area contributed by atoms with Crippen LogP contribution in [0.4, 0.5) is 14.4 Å². The fraction of sp³-hybridized carbons (Fsp3) is 0.928. The van der Waals surface area contributed by atoms with Crippen molar-refractivity contribution >= 4 is 42.3 Å². The maximum atomic E-state index is 13.3. The first-order valence-electron chi connectivity index (χ1n) is 47.1. The fourth-order valence-electron chi connectivity index (χ4n) is 24.7. The first-order valence-corrected chi connectivity index (χ1v) is 47.1. The molecule has 0 aromatic rings. The second-order valence-electron chi connectivity index (χ2n) is 46.7. The van der Waals surface area contributed by atoms with Gasteiger partial charge in [0.1, 0.15) is 83.2 Å². The molecular formula is C97H160O25. The predicted octanol–water partition coefficient (Wildman–Crippen LogP) is 21.3. The molecule has 0 aromatic carbocycles. The minimum atomic E-state index is -0.944. The van der Waals surface area contributed by atoms with Crippen molar-refractivity contribution in [2.45, 2.75) is 480 Å². The Balaban J connectivity index is 0.000000160. The summed E-state index contributed by atoms with van der Waals surface area (Å²) in [4.78, 5) is 89.7. The monoisotopic (exact) mass is 1730 g/mol. The molecule has 0 N–H and O–H groups in total. The zero-order valence-electron chi connectivity index (χ0n) is 79.4. The van der Waals surface area contributed by atoms with Gasteiger partial charge in [-0.1, -0.05) is 66.2 Å². The van der Waals surface area contributed by atoms with Crippen LogP contribution in [0.1, 0.15) is 389 Å². The molecule has 0 heterocycles. The van der Waals surface area contributed by atoms with Crippen LogP contribution >= 0.6 is 0 Å². The smallest absolute Gasteiger partial charge is 0.458 e. The van der Waals surface area contributed by atoms with Gasteiger partial charge >= 0.3 is 42.3 Å². The highest BCUT2D eigenvalue weighted by Gasteiger charge is 2.72. The lowest BCUT2D eigenvalue weighted by Gasteiger charge is -2.64. The number of carbonyl (C=O) groups is 7. The molecule has 18 aliphatic carbocycles. The number of esters is 4. The fourth-order valence-corrected chi connectivity index (χ4v) is 24.7. The van der Waals surface area contributed by atoms with Gasteiger partial charge in [-0.25, -0.2) is 14.4 Å². The number of carbonyl (C=O) groups excluding carboxylic acids is 7. The van der Waals surface area contributed by atoms with Crippen molar-refractivity contribution < 1.29 is 119 Å². The molecule has 0 amide bonds. The number of ether oxygens (including phenoxy) is 18. The molecule has 0 radical (unpaired) electrons. The minimum Gasteiger partial charge on any atom is -0.458 e. The van der Waals surface area contributed by atoms with E-state index in [1.807, 2.05) is 96.9 Å². The van der Waals surface area contributed by atoms with Gasteiger partial charge in [0, 0.05) is 78.4 Å². The number of methoxy groups -OCH3 is 2. The lowest BCUT2D eigenvalue weighted by atomic mass is 9.50. The standard InChI is InChI=1S/C30H50O6.C26H42O8.C21H34O5.C20H34O6/c1-4-27(2,3)26(31)36-30-17-23-15-28(19-30,34-21-32-24-11-7-5-8-12-24)18-29(16-23,20-30)35-22-33-25-13-9-6-10-14-25;1-10-23(8,9)18(27)30-24-11-17-12-25(14-24,33-19(28)31-21(2,3)4)16-26(13-17,15-24)34-20(29)32-22(5,6)7;1-7-19(5,6)16(22)24-20-9-14-8-15(10-20)12-21(11-14,13-20)26-17(23)25-18(2,3)4;1-6-17(2,3)16(21)26-20-9-15-7-18(11-20,24-13-22-4)10-19(8-15,12-20)25-14-23-5/h23-25H,4-22H2,1-3H3;17H,10-16H2,1-9H3;14-15H,7-13H2,1-6H3;15H,6-14H2,1-5H3. The van der Waals surface area contributed by atoms with E-state index in [1.54, 1.807) is 55.8 Å². The van der Waals surface area contributed by atoms with Gasteiger partial charge in [-0.05, 0) is 289 Å². The van der Waals surface area contributed by atoms with Gasteiger partial charge in [-0.15, -0.1) is 0 Å². The van der Waals surface area contributed by atoms with Crippen molar-refractivity contribution in [1.29, 1.82) is 0 Å². The maximum Gasteiger partial charge on any atom is 0.509 e. The Bertz CT molecular complexity index is 3490. The van der Waals surface area contributed by atoms with Crippen LogP contribution in [0.3, 0.4) is 0 Å². The normalized spacial score (nSPS) is 36.0. The van der Waals surface area contributed by atoms with Crippen molar-refractivity contribution in [2.24, 2.45) is 51.2 Å². The molecular weight excluding hydrogens is 1570 g/mol. The molecule has 698 valence electrons. The Kier molecular flexibility index (Phi) is 29.5. The zero-order chi connectivity index (χ0) is 89.5. The molecule has 0 spiro atoms. The minimum absolute atomic E-state index is 0.0682.